The van der Waals surface area contributed by atoms with Crippen LogP contribution < -0.4 is 4.74 Å². The number of rotatable bonds is 11. The van der Waals surface area contributed by atoms with E-state index in [1.807, 2.05) is 17.2 Å². The Labute approximate surface area is 293 Å². The largest absolute Gasteiger partial charge is 0.507 e. The fraction of sp³-hybridized carbons (Fsp3) is 0.486. The summed E-state index contributed by atoms with van der Waals surface area (Å²) in [5, 5.41) is 46.8. The van der Waals surface area contributed by atoms with Crippen LogP contribution in [-0.4, -0.2) is 105 Å². The standard InChI is InChI=1S/C37H41NO13/c1-18(39)8-6-11-25(41)49-17-24(40)37(47)13-12-21-28(36(37)51-26-16-22(31(42)19(2)50-26)38-14-4-5-15-38)35(46)30-29(33(21)44)32(43)20-9-7-10-23(48-3)27(20)34(30)45/h4,7,9-10,14,19,22,26,31,36,42,44,46-47H,5-6,8,11-13,15-17H2,1-3H3/t19?,22?,26?,31?,36-,37-/m0/s1. The van der Waals surface area contributed by atoms with E-state index >= 15 is 0 Å². The molecule has 2 aliphatic carbocycles. The van der Waals surface area contributed by atoms with Crippen LogP contribution in [0.1, 0.15) is 101 Å². The number of fused-ring (bicyclic) bond motifs is 3. The molecule has 2 aromatic rings. The molecule has 14 nitrogen and oxygen atoms in total. The van der Waals surface area contributed by atoms with Crippen molar-refractivity contribution >= 4 is 29.1 Å². The number of aliphatic hydroxyl groups is 2. The van der Waals surface area contributed by atoms with Crippen molar-refractivity contribution in [1.82, 2.24) is 4.90 Å². The summed E-state index contributed by atoms with van der Waals surface area (Å²) >= 11 is 0. The number of phenols is 2. The van der Waals surface area contributed by atoms with Crippen molar-refractivity contribution in [2.24, 2.45) is 0 Å². The van der Waals surface area contributed by atoms with Gasteiger partial charge in [-0.3, -0.25) is 19.2 Å². The van der Waals surface area contributed by atoms with Crippen molar-refractivity contribution in [2.45, 2.75) is 95.0 Å². The van der Waals surface area contributed by atoms with Gasteiger partial charge < -0.3 is 49.1 Å². The summed E-state index contributed by atoms with van der Waals surface area (Å²) in [6.45, 7) is 2.77. The fourth-order valence-corrected chi connectivity index (χ4v) is 7.51. The Morgan fingerprint density at radius 2 is 1.80 bits per heavy atom. The number of hydrogen-bond acceptors (Lipinski definition) is 14. The molecule has 4 N–H and O–H groups in total. The number of methoxy groups -OCH3 is 1. The number of ketones is 4. The van der Waals surface area contributed by atoms with E-state index in [1.54, 1.807) is 6.92 Å². The first-order valence-electron chi connectivity index (χ1n) is 17.0. The van der Waals surface area contributed by atoms with E-state index < -0.39 is 95.2 Å². The molecule has 2 aliphatic heterocycles. The van der Waals surface area contributed by atoms with Gasteiger partial charge in [-0.25, -0.2) is 0 Å². The van der Waals surface area contributed by atoms with Gasteiger partial charge in [-0.15, -0.1) is 0 Å². The van der Waals surface area contributed by atoms with E-state index in [9.17, 15) is 44.4 Å². The predicted octanol–water partition coefficient (Wildman–Crippen LogP) is 2.57. The van der Waals surface area contributed by atoms with Gasteiger partial charge in [-0.2, -0.15) is 0 Å². The van der Waals surface area contributed by atoms with E-state index in [0.717, 1.165) is 6.42 Å². The number of aliphatic hydroxyl groups excluding tert-OH is 1. The summed E-state index contributed by atoms with van der Waals surface area (Å²) in [5.74, 6) is -4.79. The van der Waals surface area contributed by atoms with Crippen molar-refractivity contribution in [3.8, 4) is 17.2 Å². The zero-order chi connectivity index (χ0) is 36.8. The molecule has 0 spiro atoms. The minimum absolute atomic E-state index is 0.0228. The first-order chi connectivity index (χ1) is 24.3. The molecule has 0 bridgehead atoms. The Balaban J connectivity index is 1.41. The average molecular weight is 708 g/mol. The van der Waals surface area contributed by atoms with E-state index in [0.29, 0.717) is 6.54 Å². The Morgan fingerprint density at radius 1 is 1.06 bits per heavy atom. The SMILES string of the molecule is COc1cccc2c1C(=O)c1c(O)c3c(c(O)c1C2=O)CC[C@](O)(C(=O)COC(=O)CCCC(C)=O)[C@H]3OC1CC(N2C=CCC2)C(O)C(C)O1. The molecule has 1 fully saturated rings. The number of phenolic OH excluding ortho intramolecular Hbond substituents is 2. The highest BCUT2D eigenvalue weighted by Gasteiger charge is 2.54. The number of benzene rings is 2. The van der Waals surface area contributed by atoms with Gasteiger partial charge in [0.25, 0.3) is 0 Å². The Kier molecular flexibility index (Phi) is 10.1. The number of hydrogen-bond donors (Lipinski definition) is 4. The lowest BCUT2D eigenvalue weighted by Crippen LogP contribution is -2.56. The van der Waals surface area contributed by atoms with Crippen molar-refractivity contribution in [3.63, 3.8) is 0 Å². The van der Waals surface area contributed by atoms with Crippen LogP contribution in [0.15, 0.2) is 30.5 Å². The second-order valence-electron chi connectivity index (χ2n) is 13.4. The molecular weight excluding hydrogens is 666 g/mol. The van der Waals surface area contributed by atoms with E-state index in [1.165, 1.54) is 32.2 Å². The monoisotopic (exact) mass is 707 g/mol. The van der Waals surface area contributed by atoms with Crippen LogP contribution in [-0.2, 0) is 35.0 Å². The maximum Gasteiger partial charge on any atom is 0.306 e. The number of Topliss-reactive ketones (excluding diaryl/α,β-unsaturated/α-hetero) is 2. The molecule has 4 aliphatic rings. The Bertz CT molecular complexity index is 1820. The predicted molar refractivity (Wildman–Crippen MR) is 176 cm³/mol. The summed E-state index contributed by atoms with van der Waals surface area (Å²) in [7, 11) is 1.31. The molecule has 6 rings (SSSR count). The summed E-state index contributed by atoms with van der Waals surface area (Å²) < 4.78 is 22.9. The fourth-order valence-electron chi connectivity index (χ4n) is 7.51. The lowest BCUT2D eigenvalue weighted by atomic mass is 9.71. The molecule has 1 saturated heterocycles. The molecule has 4 unspecified atom stereocenters. The average Bonchev–Trinajstić information content (AvgIpc) is 3.64. The molecule has 14 heteroatoms. The van der Waals surface area contributed by atoms with Crippen LogP contribution in [0.2, 0.25) is 0 Å². The molecule has 272 valence electrons. The molecule has 6 atom stereocenters. The van der Waals surface area contributed by atoms with Crippen LogP contribution in [0.25, 0.3) is 0 Å². The summed E-state index contributed by atoms with van der Waals surface area (Å²) in [5.41, 5.74) is -3.97. The van der Waals surface area contributed by atoms with Crippen molar-refractivity contribution in [1.29, 1.82) is 0 Å². The first-order valence-corrected chi connectivity index (χ1v) is 17.0. The highest BCUT2D eigenvalue weighted by Crippen LogP contribution is 2.53. The maximum absolute atomic E-state index is 14.0. The molecule has 0 aromatic heterocycles. The molecule has 0 saturated carbocycles. The van der Waals surface area contributed by atoms with E-state index in [2.05, 4.69) is 0 Å². The summed E-state index contributed by atoms with van der Waals surface area (Å²) in [4.78, 5) is 67.3. The van der Waals surface area contributed by atoms with Gasteiger partial charge >= 0.3 is 5.97 Å². The van der Waals surface area contributed by atoms with Gasteiger partial charge in [0.15, 0.2) is 24.3 Å². The normalized spacial score (nSPS) is 26.7. The summed E-state index contributed by atoms with van der Waals surface area (Å²) in [6, 6.07) is 3.91. The number of carbonyl (C=O) groups excluding carboxylic acids is 5. The van der Waals surface area contributed by atoms with Crippen LogP contribution >= 0.6 is 0 Å². The van der Waals surface area contributed by atoms with Crippen molar-refractivity contribution in [2.75, 3.05) is 20.3 Å². The number of aromatic hydroxyl groups is 2. The molecular formula is C37H41NO13. The van der Waals surface area contributed by atoms with E-state index in [4.69, 9.17) is 18.9 Å². The minimum atomic E-state index is -2.49. The number of carbonyl (C=O) groups is 5. The Hall–Kier alpha value is -4.63. The Morgan fingerprint density at radius 3 is 2.49 bits per heavy atom. The third-order valence-electron chi connectivity index (χ3n) is 10.2. The zero-order valence-electron chi connectivity index (χ0n) is 28.5. The van der Waals surface area contributed by atoms with Gasteiger partial charge in [0, 0.05) is 42.5 Å². The quantitative estimate of drug-likeness (QED) is 0.167. The number of ether oxygens (including phenoxy) is 4. The van der Waals surface area contributed by atoms with Crippen molar-refractivity contribution in [3.05, 3.63) is 63.9 Å². The molecule has 0 radical (unpaired) electrons. The van der Waals surface area contributed by atoms with Gasteiger partial charge in [0.05, 0.1) is 35.9 Å². The second kappa shape index (κ2) is 14.2. The minimum Gasteiger partial charge on any atom is -0.507 e. The van der Waals surface area contributed by atoms with Crippen LogP contribution in [0, 0.1) is 0 Å². The van der Waals surface area contributed by atoms with E-state index in [-0.39, 0.29) is 65.9 Å². The highest BCUT2D eigenvalue weighted by molar-refractivity contribution is 6.31. The molecule has 2 heterocycles. The van der Waals surface area contributed by atoms with Crippen LogP contribution in [0.5, 0.6) is 17.2 Å². The van der Waals surface area contributed by atoms with Gasteiger partial charge in [0.1, 0.15) is 35.2 Å². The van der Waals surface area contributed by atoms with Gasteiger partial charge in [-0.1, -0.05) is 18.2 Å². The maximum atomic E-state index is 14.0. The first kappa shape index (κ1) is 36.2. The molecule has 51 heavy (non-hydrogen) atoms. The lowest BCUT2D eigenvalue weighted by molar-refractivity contribution is -0.272. The highest BCUT2D eigenvalue weighted by atomic mass is 16.7. The lowest BCUT2D eigenvalue weighted by Gasteiger charge is -2.46. The summed E-state index contributed by atoms with van der Waals surface area (Å²) in [6.07, 6.45) is -0.450. The molecule has 2 aromatic carbocycles. The van der Waals surface area contributed by atoms with Gasteiger partial charge in [0.2, 0.25) is 11.6 Å². The number of esters is 1. The third-order valence-corrected chi connectivity index (χ3v) is 10.2. The zero-order valence-corrected chi connectivity index (χ0v) is 28.5. The molecule has 0 amide bonds. The number of nitrogens with zero attached hydrogens (tertiary/aromatic N) is 1. The smallest absolute Gasteiger partial charge is 0.306 e. The van der Waals surface area contributed by atoms with Crippen LogP contribution in [0.4, 0.5) is 0 Å². The second-order valence-corrected chi connectivity index (χ2v) is 13.4. The third kappa shape index (κ3) is 6.41. The topological polar surface area (TPSA) is 206 Å². The van der Waals surface area contributed by atoms with Gasteiger partial charge in [-0.05, 0) is 51.8 Å². The van der Waals surface area contributed by atoms with Crippen molar-refractivity contribution < 1.29 is 63.3 Å². The van der Waals surface area contributed by atoms with Crippen LogP contribution in [0.3, 0.4) is 0 Å².